The van der Waals surface area contributed by atoms with Crippen LogP contribution in [0.15, 0.2) is 0 Å². The van der Waals surface area contributed by atoms with Crippen molar-refractivity contribution < 1.29 is 31.8 Å². The standard InChI is InChI=1S/C5H11O7PS/c1-10-4(6)12-5(13(7)11-2)14(3,8)9/h5,13H,1-3H3. The molecule has 0 aromatic carbocycles. The van der Waals surface area contributed by atoms with Gasteiger partial charge in [0, 0.05) is 13.4 Å². The second kappa shape index (κ2) is 5.33. The first-order chi connectivity index (χ1) is 6.32. The fourth-order valence-corrected chi connectivity index (χ4v) is 2.87. The summed E-state index contributed by atoms with van der Waals surface area (Å²) in [6, 6.07) is 0. The number of carbonyl (C=O) groups is 1. The minimum atomic E-state index is -3.80. The van der Waals surface area contributed by atoms with Gasteiger partial charge in [-0.05, 0) is 0 Å². The Labute approximate surface area is 82.1 Å². The van der Waals surface area contributed by atoms with Crippen LogP contribution in [0.4, 0.5) is 4.79 Å². The summed E-state index contributed by atoms with van der Waals surface area (Å²) in [5, 5.41) is -1.80. The lowest BCUT2D eigenvalue weighted by atomic mass is 11.3. The third-order valence-electron chi connectivity index (χ3n) is 1.15. The molecular weight excluding hydrogens is 235 g/mol. The van der Waals surface area contributed by atoms with Crippen LogP contribution in [0.2, 0.25) is 0 Å². The summed E-state index contributed by atoms with van der Waals surface area (Å²) in [5.74, 6) is 0. The van der Waals surface area contributed by atoms with Crippen molar-refractivity contribution in [3.8, 4) is 0 Å². The molecule has 7 nitrogen and oxygen atoms in total. The number of methoxy groups -OCH3 is 1. The zero-order chi connectivity index (χ0) is 11.4. The summed E-state index contributed by atoms with van der Waals surface area (Å²) >= 11 is 0. The summed E-state index contributed by atoms with van der Waals surface area (Å²) in [4.78, 5) is 10.6. The fourth-order valence-electron chi connectivity index (χ4n) is 0.542. The van der Waals surface area contributed by atoms with E-state index < -0.39 is 29.2 Å². The van der Waals surface area contributed by atoms with Crippen molar-refractivity contribution in [2.45, 2.75) is 5.18 Å². The molecule has 9 heteroatoms. The maximum atomic E-state index is 11.1. The summed E-state index contributed by atoms with van der Waals surface area (Å²) in [6.07, 6.45) is -0.446. The Morgan fingerprint density at radius 2 is 1.86 bits per heavy atom. The largest absolute Gasteiger partial charge is 0.509 e. The maximum absolute atomic E-state index is 11.1. The number of ether oxygens (including phenoxy) is 2. The number of rotatable bonds is 4. The molecule has 0 aliphatic carbocycles. The fraction of sp³-hybridized carbons (Fsp3) is 0.800. The van der Waals surface area contributed by atoms with Gasteiger partial charge < -0.3 is 14.0 Å². The van der Waals surface area contributed by atoms with E-state index in [4.69, 9.17) is 0 Å². The van der Waals surface area contributed by atoms with Gasteiger partial charge >= 0.3 is 6.16 Å². The van der Waals surface area contributed by atoms with E-state index in [9.17, 15) is 17.8 Å². The molecule has 0 aromatic rings. The molecule has 0 radical (unpaired) electrons. The monoisotopic (exact) mass is 246 g/mol. The number of sulfone groups is 1. The molecule has 0 bridgehead atoms. The lowest BCUT2D eigenvalue weighted by molar-refractivity contribution is 0.0759. The average molecular weight is 246 g/mol. The highest BCUT2D eigenvalue weighted by molar-refractivity contribution is 7.96. The first-order valence-electron chi connectivity index (χ1n) is 3.34. The quantitative estimate of drug-likeness (QED) is 0.517. The van der Waals surface area contributed by atoms with Gasteiger partial charge in [0.15, 0.2) is 9.84 Å². The lowest BCUT2D eigenvalue weighted by Crippen LogP contribution is -2.23. The lowest BCUT2D eigenvalue weighted by Gasteiger charge is -2.13. The molecule has 0 saturated carbocycles. The van der Waals surface area contributed by atoms with E-state index in [1.165, 1.54) is 0 Å². The molecule has 0 spiro atoms. The minimum Gasteiger partial charge on any atom is -0.438 e. The molecule has 0 heterocycles. The Kier molecular flexibility index (Phi) is 5.11. The highest BCUT2D eigenvalue weighted by Crippen LogP contribution is 2.32. The van der Waals surface area contributed by atoms with Crippen LogP contribution < -0.4 is 0 Å². The van der Waals surface area contributed by atoms with Crippen molar-refractivity contribution in [1.29, 1.82) is 0 Å². The third kappa shape index (κ3) is 4.08. The molecule has 0 N–H and O–H groups in total. The smallest absolute Gasteiger partial charge is 0.438 e. The summed E-state index contributed by atoms with van der Waals surface area (Å²) in [6.45, 7) is 0. The van der Waals surface area contributed by atoms with Crippen molar-refractivity contribution in [2.24, 2.45) is 0 Å². The zero-order valence-corrected chi connectivity index (χ0v) is 9.66. The van der Waals surface area contributed by atoms with Crippen LogP contribution >= 0.6 is 8.03 Å². The van der Waals surface area contributed by atoms with E-state index in [1.807, 2.05) is 0 Å². The van der Waals surface area contributed by atoms with Crippen molar-refractivity contribution >= 4 is 24.0 Å². The van der Waals surface area contributed by atoms with Gasteiger partial charge in [-0.3, -0.25) is 4.57 Å². The molecule has 2 unspecified atom stereocenters. The van der Waals surface area contributed by atoms with Gasteiger partial charge in [0.25, 0.3) is 5.18 Å². The predicted molar refractivity (Wildman–Crippen MR) is 48.1 cm³/mol. The van der Waals surface area contributed by atoms with Crippen LogP contribution in [-0.2, 0) is 28.4 Å². The van der Waals surface area contributed by atoms with E-state index in [0.29, 0.717) is 0 Å². The van der Waals surface area contributed by atoms with Gasteiger partial charge in [0.2, 0.25) is 8.03 Å². The van der Waals surface area contributed by atoms with Gasteiger partial charge in [-0.2, -0.15) is 0 Å². The Hall–Kier alpha value is -0.590. The van der Waals surface area contributed by atoms with Crippen LogP contribution in [0.3, 0.4) is 0 Å². The van der Waals surface area contributed by atoms with Gasteiger partial charge in [0.1, 0.15) is 0 Å². The zero-order valence-electron chi connectivity index (χ0n) is 7.84. The summed E-state index contributed by atoms with van der Waals surface area (Å²) in [5.41, 5.74) is 0. The van der Waals surface area contributed by atoms with Crippen molar-refractivity contribution in [3.63, 3.8) is 0 Å². The molecule has 0 aromatic heterocycles. The molecule has 14 heavy (non-hydrogen) atoms. The van der Waals surface area contributed by atoms with Crippen LogP contribution in [-0.4, -0.2) is 40.2 Å². The summed E-state index contributed by atoms with van der Waals surface area (Å²) < 4.78 is 45.7. The Bertz CT molecular complexity index is 321. The minimum absolute atomic E-state index is 0.780. The van der Waals surface area contributed by atoms with Gasteiger partial charge in [0.05, 0.1) is 7.11 Å². The number of carbonyl (C=O) groups excluding carboxylic acids is 1. The van der Waals surface area contributed by atoms with Crippen LogP contribution in [0.25, 0.3) is 0 Å². The van der Waals surface area contributed by atoms with Gasteiger partial charge in [-0.25, -0.2) is 13.2 Å². The molecular formula is C5H11O7PS. The Morgan fingerprint density at radius 1 is 1.36 bits per heavy atom. The van der Waals surface area contributed by atoms with E-state index in [-0.39, 0.29) is 0 Å². The number of hydrogen-bond donors (Lipinski definition) is 0. The second-order valence-electron chi connectivity index (χ2n) is 2.26. The molecule has 0 amide bonds. The van der Waals surface area contributed by atoms with E-state index in [1.54, 1.807) is 0 Å². The van der Waals surface area contributed by atoms with Crippen molar-refractivity contribution in [3.05, 3.63) is 0 Å². The SMILES string of the molecule is COC(=O)OC([PH](=O)OC)S(C)(=O)=O. The molecule has 0 aliphatic rings. The normalized spacial score (nSPS) is 15.6. The maximum Gasteiger partial charge on any atom is 0.509 e. The van der Waals surface area contributed by atoms with E-state index in [0.717, 1.165) is 20.5 Å². The van der Waals surface area contributed by atoms with Crippen LogP contribution in [0, 0.1) is 0 Å². The topological polar surface area (TPSA) is 96.0 Å². The molecule has 2 atom stereocenters. The molecule has 0 saturated heterocycles. The Balaban J connectivity index is 4.76. The van der Waals surface area contributed by atoms with E-state index >= 15 is 0 Å². The van der Waals surface area contributed by atoms with Crippen LogP contribution in [0.5, 0.6) is 0 Å². The summed E-state index contributed by atoms with van der Waals surface area (Å²) in [7, 11) is -4.73. The first kappa shape index (κ1) is 13.4. The highest BCUT2D eigenvalue weighted by Gasteiger charge is 2.31. The van der Waals surface area contributed by atoms with Gasteiger partial charge in [-0.1, -0.05) is 0 Å². The average Bonchev–Trinajstić information content (AvgIpc) is 2.10. The highest BCUT2D eigenvalue weighted by atomic mass is 32.2. The van der Waals surface area contributed by atoms with E-state index in [2.05, 4.69) is 14.0 Å². The third-order valence-corrected chi connectivity index (χ3v) is 4.79. The number of hydrogen-bond acceptors (Lipinski definition) is 7. The predicted octanol–water partition coefficient (Wildman–Crippen LogP) is 0.219. The van der Waals surface area contributed by atoms with Crippen molar-refractivity contribution in [2.75, 3.05) is 20.5 Å². The molecule has 0 fully saturated rings. The van der Waals surface area contributed by atoms with Gasteiger partial charge in [-0.15, -0.1) is 0 Å². The molecule has 84 valence electrons. The Morgan fingerprint density at radius 3 is 2.14 bits per heavy atom. The second-order valence-corrected chi connectivity index (χ2v) is 6.33. The molecule has 0 aliphatic heterocycles. The first-order valence-corrected chi connectivity index (χ1v) is 6.69. The van der Waals surface area contributed by atoms with Crippen molar-refractivity contribution in [1.82, 2.24) is 0 Å². The molecule has 0 rings (SSSR count). The van der Waals surface area contributed by atoms with Crippen LogP contribution in [0.1, 0.15) is 0 Å².